The summed E-state index contributed by atoms with van der Waals surface area (Å²) in [6.45, 7) is 7.00. The fourth-order valence-electron chi connectivity index (χ4n) is 4.21. The third-order valence-corrected chi connectivity index (χ3v) is 5.75. The molecule has 1 saturated heterocycles. The first kappa shape index (κ1) is 16.4. The molecule has 1 saturated carbocycles. The number of likely N-dealkylation sites (tertiary alicyclic amines) is 1. The lowest BCUT2D eigenvalue weighted by molar-refractivity contribution is 0.00842. The van der Waals surface area contributed by atoms with Gasteiger partial charge in [-0.3, -0.25) is 4.79 Å². The maximum Gasteiger partial charge on any atom is 0.272 e. The SMILES string of the molecule is Cc1ccc(C(=O)N2CCCC2C2CC(C)CCC2O)nc1C. The second kappa shape index (κ2) is 6.60. The molecule has 126 valence electrons. The van der Waals surface area contributed by atoms with Crippen molar-refractivity contribution in [3.63, 3.8) is 0 Å². The Hall–Kier alpha value is -1.42. The first-order chi connectivity index (χ1) is 11.0. The molecule has 1 aromatic rings. The van der Waals surface area contributed by atoms with Crippen molar-refractivity contribution < 1.29 is 9.90 Å². The Bertz CT molecular complexity index is 587. The molecule has 0 spiro atoms. The Morgan fingerprint density at radius 1 is 1.26 bits per heavy atom. The van der Waals surface area contributed by atoms with E-state index in [0.717, 1.165) is 49.9 Å². The number of rotatable bonds is 2. The van der Waals surface area contributed by atoms with E-state index in [-0.39, 0.29) is 24.0 Å². The summed E-state index contributed by atoms with van der Waals surface area (Å²) in [5.41, 5.74) is 2.56. The highest BCUT2D eigenvalue weighted by Crippen LogP contribution is 2.37. The van der Waals surface area contributed by atoms with Crippen molar-refractivity contribution in [2.75, 3.05) is 6.54 Å². The van der Waals surface area contributed by atoms with Crippen LogP contribution in [0.5, 0.6) is 0 Å². The molecular weight excluding hydrogens is 288 g/mol. The van der Waals surface area contributed by atoms with Crippen molar-refractivity contribution in [2.24, 2.45) is 11.8 Å². The van der Waals surface area contributed by atoms with Gasteiger partial charge in [0.2, 0.25) is 0 Å². The molecule has 0 aromatic carbocycles. The third kappa shape index (κ3) is 3.27. The molecule has 1 amide bonds. The second-order valence-electron chi connectivity index (χ2n) is 7.46. The molecule has 0 bridgehead atoms. The summed E-state index contributed by atoms with van der Waals surface area (Å²) in [6, 6.07) is 3.97. The first-order valence-corrected chi connectivity index (χ1v) is 8.90. The summed E-state index contributed by atoms with van der Waals surface area (Å²) in [5.74, 6) is 0.887. The van der Waals surface area contributed by atoms with Crippen LogP contribution < -0.4 is 0 Å². The quantitative estimate of drug-likeness (QED) is 0.912. The predicted octanol–water partition coefficient (Wildman–Crippen LogP) is 3.10. The maximum atomic E-state index is 12.9. The van der Waals surface area contributed by atoms with Gasteiger partial charge in [-0.25, -0.2) is 4.98 Å². The lowest BCUT2D eigenvalue weighted by Crippen LogP contribution is -2.46. The van der Waals surface area contributed by atoms with Crippen LogP contribution >= 0.6 is 0 Å². The highest BCUT2D eigenvalue weighted by molar-refractivity contribution is 5.92. The number of amides is 1. The number of aryl methyl sites for hydroxylation is 2. The van der Waals surface area contributed by atoms with Crippen LogP contribution in [0.1, 0.15) is 60.8 Å². The van der Waals surface area contributed by atoms with Gasteiger partial charge in [0.1, 0.15) is 5.69 Å². The van der Waals surface area contributed by atoms with Gasteiger partial charge in [-0.15, -0.1) is 0 Å². The van der Waals surface area contributed by atoms with E-state index in [2.05, 4.69) is 11.9 Å². The number of carbonyl (C=O) groups is 1. The van der Waals surface area contributed by atoms with Gasteiger partial charge >= 0.3 is 0 Å². The third-order valence-electron chi connectivity index (χ3n) is 5.75. The number of nitrogens with zero attached hydrogens (tertiary/aromatic N) is 2. The van der Waals surface area contributed by atoms with Crippen molar-refractivity contribution >= 4 is 5.91 Å². The molecule has 4 unspecified atom stereocenters. The van der Waals surface area contributed by atoms with Gasteiger partial charge in [0.05, 0.1) is 6.10 Å². The van der Waals surface area contributed by atoms with E-state index in [1.165, 1.54) is 0 Å². The molecule has 3 rings (SSSR count). The van der Waals surface area contributed by atoms with Gasteiger partial charge < -0.3 is 10.0 Å². The molecule has 4 heteroatoms. The normalized spacial score (nSPS) is 31.4. The first-order valence-electron chi connectivity index (χ1n) is 8.90. The number of aromatic nitrogens is 1. The van der Waals surface area contributed by atoms with Crippen LogP contribution in [0.15, 0.2) is 12.1 Å². The zero-order valence-electron chi connectivity index (χ0n) is 14.5. The molecule has 0 radical (unpaired) electrons. The van der Waals surface area contributed by atoms with Crippen molar-refractivity contribution in [3.8, 4) is 0 Å². The Balaban J connectivity index is 1.80. The van der Waals surface area contributed by atoms with E-state index in [1.807, 2.05) is 30.9 Å². The molecule has 2 aliphatic rings. The standard InChI is InChI=1S/C19H28N2O2/c1-12-6-9-18(22)15(11-12)17-5-4-10-21(17)19(23)16-8-7-13(2)14(3)20-16/h7-8,12,15,17-18,22H,4-6,9-11H2,1-3H3. The maximum absolute atomic E-state index is 12.9. The minimum Gasteiger partial charge on any atom is -0.393 e. The van der Waals surface area contributed by atoms with Crippen LogP contribution in [0, 0.1) is 25.7 Å². The van der Waals surface area contributed by atoms with E-state index >= 15 is 0 Å². The Kier molecular flexibility index (Phi) is 4.72. The number of hydrogen-bond donors (Lipinski definition) is 1. The summed E-state index contributed by atoms with van der Waals surface area (Å²) in [5, 5.41) is 10.4. The fourth-order valence-corrected chi connectivity index (χ4v) is 4.21. The summed E-state index contributed by atoms with van der Waals surface area (Å²) in [6.07, 6.45) is 4.75. The van der Waals surface area contributed by atoms with Crippen molar-refractivity contribution in [1.82, 2.24) is 9.88 Å². The van der Waals surface area contributed by atoms with Crippen LogP contribution in [0.3, 0.4) is 0 Å². The van der Waals surface area contributed by atoms with E-state index in [1.54, 1.807) is 0 Å². The van der Waals surface area contributed by atoms with Crippen LogP contribution in [-0.4, -0.2) is 39.6 Å². The number of aliphatic hydroxyl groups excluding tert-OH is 1. The van der Waals surface area contributed by atoms with Crippen LogP contribution in [0.2, 0.25) is 0 Å². The summed E-state index contributed by atoms with van der Waals surface area (Å²) < 4.78 is 0. The second-order valence-corrected chi connectivity index (χ2v) is 7.46. The van der Waals surface area contributed by atoms with Gasteiger partial charge in [0.15, 0.2) is 0 Å². The van der Waals surface area contributed by atoms with Gasteiger partial charge in [-0.05, 0) is 63.5 Å². The molecule has 4 atom stereocenters. The lowest BCUT2D eigenvalue weighted by Gasteiger charge is -2.39. The zero-order valence-corrected chi connectivity index (χ0v) is 14.5. The minimum atomic E-state index is -0.266. The number of hydrogen-bond acceptors (Lipinski definition) is 3. The topological polar surface area (TPSA) is 53.4 Å². The highest BCUT2D eigenvalue weighted by atomic mass is 16.3. The molecule has 23 heavy (non-hydrogen) atoms. The zero-order chi connectivity index (χ0) is 16.6. The Morgan fingerprint density at radius 3 is 2.78 bits per heavy atom. The van der Waals surface area contributed by atoms with E-state index in [4.69, 9.17) is 0 Å². The number of aliphatic hydroxyl groups is 1. The molecule has 1 N–H and O–H groups in total. The van der Waals surface area contributed by atoms with E-state index in [9.17, 15) is 9.90 Å². The van der Waals surface area contributed by atoms with Crippen LogP contribution in [0.25, 0.3) is 0 Å². The fraction of sp³-hybridized carbons (Fsp3) is 0.684. The minimum absolute atomic E-state index is 0.0287. The van der Waals surface area contributed by atoms with Gasteiger partial charge in [-0.1, -0.05) is 13.0 Å². The Labute approximate surface area is 138 Å². The molecule has 2 heterocycles. The van der Waals surface area contributed by atoms with Crippen molar-refractivity contribution in [2.45, 2.75) is 65.0 Å². The molecule has 1 aromatic heterocycles. The largest absolute Gasteiger partial charge is 0.393 e. The lowest BCUT2D eigenvalue weighted by atomic mass is 9.76. The van der Waals surface area contributed by atoms with Crippen LogP contribution in [-0.2, 0) is 0 Å². The van der Waals surface area contributed by atoms with Crippen molar-refractivity contribution in [3.05, 3.63) is 29.1 Å². The highest BCUT2D eigenvalue weighted by Gasteiger charge is 2.40. The smallest absolute Gasteiger partial charge is 0.272 e. The summed E-state index contributed by atoms with van der Waals surface area (Å²) in [4.78, 5) is 19.4. The van der Waals surface area contributed by atoms with Gasteiger partial charge in [0, 0.05) is 24.2 Å². The average molecular weight is 316 g/mol. The van der Waals surface area contributed by atoms with E-state index < -0.39 is 0 Å². The molecule has 2 fully saturated rings. The average Bonchev–Trinajstić information content (AvgIpc) is 3.01. The van der Waals surface area contributed by atoms with Gasteiger partial charge in [0.25, 0.3) is 5.91 Å². The summed E-state index contributed by atoms with van der Waals surface area (Å²) >= 11 is 0. The number of pyridine rings is 1. The molecular formula is C19H28N2O2. The monoisotopic (exact) mass is 316 g/mol. The molecule has 4 nitrogen and oxygen atoms in total. The van der Waals surface area contributed by atoms with E-state index in [0.29, 0.717) is 11.6 Å². The number of carbonyl (C=O) groups excluding carboxylic acids is 1. The van der Waals surface area contributed by atoms with Crippen molar-refractivity contribution in [1.29, 1.82) is 0 Å². The van der Waals surface area contributed by atoms with Crippen LogP contribution in [0.4, 0.5) is 0 Å². The molecule has 1 aliphatic carbocycles. The predicted molar refractivity (Wildman–Crippen MR) is 90.3 cm³/mol. The molecule has 1 aliphatic heterocycles. The van der Waals surface area contributed by atoms with Gasteiger partial charge in [-0.2, -0.15) is 0 Å². The summed E-state index contributed by atoms with van der Waals surface area (Å²) in [7, 11) is 0. The Morgan fingerprint density at radius 2 is 2.04 bits per heavy atom.